The van der Waals surface area contributed by atoms with Crippen LogP contribution in [-0.4, -0.2) is 24.4 Å². The Bertz CT molecular complexity index is 172. The number of nitrogens with one attached hydrogen (secondary N) is 1. The number of thioether (sulfide) groups is 1. The highest BCUT2D eigenvalue weighted by Gasteiger charge is 2.30. The van der Waals surface area contributed by atoms with Gasteiger partial charge in [0, 0.05) is 11.8 Å². The number of alkyl halides is 3. The summed E-state index contributed by atoms with van der Waals surface area (Å²) in [5, 5.41) is 3.17. The van der Waals surface area contributed by atoms with Crippen LogP contribution >= 0.6 is 11.8 Å². The molecule has 1 N–H and O–H groups in total. The molecule has 0 radical (unpaired) electrons. The second kappa shape index (κ2) is 5.26. The SMILES string of the molecule is CNC1CCCC1CCSC(F)(F)F. The van der Waals surface area contributed by atoms with Gasteiger partial charge in [-0.05, 0) is 32.2 Å². The van der Waals surface area contributed by atoms with Crippen molar-refractivity contribution >= 4 is 11.8 Å². The maximum Gasteiger partial charge on any atom is 0.441 e. The number of rotatable bonds is 4. The largest absolute Gasteiger partial charge is 0.441 e. The summed E-state index contributed by atoms with van der Waals surface area (Å²) >= 11 is 0.105. The van der Waals surface area contributed by atoms with Crippen LogP contribution in [0.2, 0.25) is 0 Å². The van der Waals surface area contributed by atoms with Crippen molar-refractivity contribution in [3.05, 3.63) is 0 Å². The monoisotopic (exact) mass is 227 g/mol. The summed E-state index contributed by atoms with van der Waals surface area (Å²) in [7, 11) is 1.89. The van der Waals surface area contributed by atoms with E-state index in [0.29, 0.717) is 18.4 Å². The van der Waals surface area contributed by atoms with Gasteiger partial charge in [0.15, 0.2) is 0 Å². The van der Waals surface area contributed by atoms with Gasteiger partial charge in [-0.1, -0.05) is 18.2 Å². The van der Waals surface area contributed by atoms with Gasteiger partial charge in [-0.15, -0.1) is 0 Å². The maximum absolute atomic E-state index is 11.9. The van der Waals surface area contributed by atoms with Crippen molar-refractivity contribution in [3.63, 3.8) is 0 Å². The van der Waals surface area contributed by atoms with E-state index >= 15 is 0 Å². The van der Waals surface area contributed by atoms with Crippen LogP contribution in [0.4, 0.5) is 13.2 Å². The topological polar surface area (TPSA) is 12.0 Å². The molecule has 0 saturated heterocycles. The summed E-state index contributed by atoms with van der Waals surface area (Å²) in [5.41, 5.74) is -4.06. The van der Waals surface area contributed by atoms with Gasteiger partial charge in [-0.25, -0.2) is 0 Å². The zero-order chi connectivity index (χ0) is 10.6. The summed E-state index contributed by atoms with van der Waals surface area (Å²) in [5.74, 6) is 0.640. The lowest BCUT2D eigenvalue weighted by molar-refractivity contribution is -0.0328. The average Bonchev–Trinajstić information content (AvgIpc) is 2.49. The molecule has 0 aromatic heterocycles. The third-order valence-electron chi connectivity index (χ3n) is 2.78. The molecule has 14 heavy (non-hydrogen) atoms. The smallest absolute Gasteiger partial charge is 0.317 e. The molecule has 1 rings (SSSR count). The summed E-state index contributed by atoms with van der Waals surface area (Å²) in [6, 6.07) is 0.434. The van der Waals surface area contributed by atoms with Crippen LogP contribution in [0, 0.1) is 5.92 Å². The Balaban J connectivity index is 2.18. The molecule has 1 nitrogen and oxygen atoms in total. The number of halogens is 3. The second-order valence-corrected chi connectivity index (χ2v) is 4.83. The van der Waals surface area contributed by atoms with Gasteiger partial charge >= 0.3 is 5.51 Å². The highest BCUT2D eigenvalue weighted by Crippen LogP contribution is 2.34. The van der Waals surface area contributed by atoms with Gasteiger partial charge in [-0.3, -0.25) is 0 Å². The first-order valence-corrected chi connectivity index (χ1v) is 5.89. The predicted octanol–water partition coefficient (Wildman–Crippen LogP) is 3.02. The van der Waals surface area contributed by atoms with E-state index in [1.54, 1.807) is 0 Å². The van der Waals surface area contributed by atoms with Gasteiger partial charge in [0.05, 0.1) is 0 Å². The van der Waals surface area contributed by atoms with Gasteiger partial charge in [-0.2, -0.15) is 13.2 Å². The van der Waals surface area contributed by atoms with Crippen molar-refractivity contribution in [2.45, 2.75) is 37.2 Å². The van der Waals surface area contributed by atoms with E-state index in [4.69, 9.17) is 0 Å². The summed E-state index contributed by atoms with van der Waals surface area (Å²) < 4.78 is 35.6. The van der Waals surface area contributed by atoms with E-state index in [0.717, 1.165) is 19.3 Å². The van der Waals surface area contributed by atoms with Crippen molar-refractivity contribution in [2.75, 3.05) is 12.8 Å². The Labute approximate surface area is 86.8 Å². The van der Waals surface area contributed by atoms with Crippen LogP contribution in [0.25, 0.3) is 0 Å². The normalized spacial score (nSPS) is 28.3. The summed E-state index contributed by atoms with van der Waals surface area (Å²) in [6.45, 7) is 0. The van der Waals surface area contributed by atoms with Crippen molar-refractivity contribution < 1.29 is 13.2 Å². The third-order valence-corrected chi connectivity index (χ3v) is 3.55. The molecule has 1 aliphatic rings. The zero-order valence-electron chi connectivity index (χ0n) is 8.23. The van der Waals surface area contributed by atoms with Gasteiger partial charge < -0.3 is 5.32 Å². The van der Waals surface area contributed by atoms with E-state index in [1.165, 1.54) is 0 Å². The molecule has 0 aromatic carbocycles. The first kappa shape index (κ1) is 12.2. The first-order chi connectivity index (χ1) is 6.53. The fourth-order valence-electron chi connectivity index (χ4n) is 2.09. The molecular weight excluding hydrogens is 211 g/mol. The summed E-state index contributed by atoms with van der Waals surface area (Å²) in [4.78, 5) is 0. The Morgan fingerprint density at radius 1 is 1.36 bits per heavy atom. The third kappa shape index (κ3) is 4.09. The average molecular weight is 227 g/mol. The molecule has 2 atom stereocenters. The Morgan fingerprint density at radius 2 is 2.07 bits per heavy atom. The van der Waals surface area contributed by atoms with Crippen LogP contribution in [-0.2, 0) is 0 Å². The molecule has 0 heterocycles. The Morgan fingerprint density at radius 3 is 2.64 bits per heavy atom. The van der Waals surface area contributed by atoms with E-state index < -0.39 is 5.51 Å². The van der Waals surface area contributed by atoms with E-state index in [1.807, 2.05) is 7.05 Å². The molecule has 2 unspecified atom stereocenters. The minimum Gasteiger partial charge on any atom is -0.317 e. The van der Waals surface area contributed by atoms with E-state index in [9.17, 15) is 13.2 Å². The molecule has 0 amide bonds. The van der Waals surface area contributed by atoms with Crippen LogP contribution < -0.4 is 5.32 Å². The Kier molecular flexibility index (Phi) is 4.57. The van der Waals surface area contributed by atoms with Crippen LogP contribution in [0.5, 0.6) is 0 Å². The molecular formula is C9H16F3NS. The number of hydrogen-bond donors (Lipinski definition) is 1. The van der Waals surface area contributed by atoms with Gasteiger partial charge in [0.25, 0.3) is 0 Å². The van der Waals surface area contributed by atoms with E-state index in [-0.39, 0.29) is 17.5 Å². The first-order valence-electron chi connectivity index (χ1n) is 4.91. The lowest BCUT2D eigenvalue weighted by Crippen LogP contribution is -2.29. The molecule has 0 bridgehead atoms. The van der Waals surface area contributed by atoms with Crippen molar-refractivity contribution in [1.29, 1.82) is 0 Å². The molecule has 0 aromatic rings. The summed E-state index contributed by atoms with van der Waals surface area (Å²) in [6.07, 6.45) is 4.00. The van der Waals surface area contributed by atoms with Gasteiger partial charge in [0.1, 0.15) is 0 Å². The molecule has 5 heteroatoms. The lowest BCUT2D eigenvalue weighted by Gasteiger charge is -2.18. The zero-order valence-corrected chi connectivity index (χ0v) is 9.05. The number of hydrogen-bond acceptors (Lipinski definition) is 2. The van der Waals surface area contributed by atoms with Crippen LogP contribution in [0.3, 0.4) is 0 Å². The molecule has 1 fully saturated rings. The Hall–Kier alpha value is 0.100. The van der Waals surface area contributed by atoms with E-state index in [2.05, 4.69) is 5.32 Å². The highest BCUT2D eigenvalue weighted by atomic mass is 32.2. The van der Waals surface area contributed by atoms with Crippen molar-refractivity contribution in [1.82, 2.24) is 5.32 Å². The molecule has 84 valence electrons. The predicted molar refractivity (Wildman–Crippen MR) is 53.3 cm³/mol. The fourth-order valence-corrected chi connectivity index (χ4v) is 2.74. The standard InChI is InChI=1S/C9H16F3NS/c1-13-8-4-2-3-7(8)5-6-14-9(10,11)12/h7-8,13H,2-6H2,1H3. The highest BCUT2D eigenvalue weighted by molar-refractivity contribution is 8.00. The maximum atomic E-state index is 11.9. The van der Waals surface area contributed by atoms with Crippen LogP contribution in [0.15, 0.2) is 0 Å². The van der Waals surface area contributed by atoms with Crippen molar-refractivity contribution in [2.24, 2.45) is 5.92 Å². The van der Waals surface area contributed by atoms with Crippen molar-refractivity contribution in [3.8, 4) is 0 Å². The minimum atomic E-state index is -4.06. The van der Waals surface area contributed by atoms with Crippen LogP contribution in [0.1, 0.15) is 25.7 Å². The molecule has 0 spiro atoms. The minimum absolute atomic E-state index is 0.105. The molecule has 1 saturated carbocycles. The molecule has 0 aliphatic heterocycles. The quantitative estimate of drug-likeness (QED) is 0.792. The van der Waals surface area contributed by atoms with Gasteiger partial charge in [0.2, 0.25) is 0 Å². The lowest BCUT2D eigenvalue weighted by atomic mass is 10.0. The fraction of sp³-hybridized carbons (Fsp3) is 1.00. The molecule has 1 aliphatic carbocycles. The second-order valence-electron chi connectivity index (χ2n) is 3.67.